The lowest BCUT2D eigenvalue weighted by molar-refractivity contribution is 0.264. The van der Waals surface area contributed by atoms with Gasteiger partial charge in [0.2, 0.25) is 0 Å². The molecule has 15 heavy (non-hydrogen) atoms. The van der Waals surface area contributed by atoms with Gasteiger partial charge in [0.05, 0.1) is 0 Å². The molecule has 0 amide bonds. The predicted molar refractivity (Wildman–Crippen MR) is 61.9 cm³/mol. The second kappa shape index (κ2) is 5.09. The third-order valence-electron chi connectivity index (χ3n) is 2.79. The molecule has 4 nitrogen and oxygen atoms in total. The highest BCUT2D eigenvalue weighted by atomic mass is 15.3. The van der Waals surface area contributed by atoms with Gasteiger partial charge in [0.25, 0.3) is 0 Å². The summed E-state index contributed by atoms with van der Waals surface area (Å²) >= 11 is 0. The molecular weight excluding hydrogens is 188 g/mol. The first-order valence-electron chi connectivity index (χ1n) is 5.48. The minimum atomic E-state index is 0.754. The molecule has 0 saturated carbocycles. The Kier molecular flexibility index (Phi) is 3.53. The molecule has 2 heterocycles. The van der Waals surface area contributed by atoms with E-state index < -0.39 is 0 Å². The van der Waals surface area contributed by atoms with E-state index in [2.05, 4.69) is 20.9 Å². The van der Waals surface area contributed by atoms with Crippen LogP contribution in [0.2, 0.25) is 0 Å². The molecule has 4 heteroatoms. The van der Waals surface area contributed by atoms with E-state index in [4.69, 9.17) is 5.73 Å². The van der Waals surface area contributed by atoms with Gasteiger partial charge in [-0.1, -0.05) is 6.07 Å². The molecule has 1 aromatic rings. The summed E-state index contributed by atoms with van der Waals surface area (Å²) in [5.74, 6) is 1.09. The topological polar surface area (TPSA) is 45.4 Å². The zero-order chi connectivity index (χ0) is 10.5. The Morgan fingerprint density at radius 1 is 1.20 bits per heavy atom. The number of pyridine rings is 1. The summed E-state index contributed by atoms with van der Waals surface area (Å²) in [5, 5.41) is 0. The van der Waals surface area contributed by atoms with E-state index in [9.17, 15) is 0 Å². The summed E-state index contributed by atoms with van der Waals surface area (Å²) in [4.78, 5) is 9.08. The fourth-order valence-corrected chi connectivity index (χ4v) is 1.92. The van der Waals surface area contributed by atoms with Crippen LogP contribution in [0.3, 0.4) is 0 Å². The van der Waals surface area contributed by atoms with Gasteiger partial charge in [0.15, 0.2) is 0 Å². The highest BCUT2D eigenvalue weighted by Crippen LogP contribution is 2.11. The summed E-state index contributed by atoms with van der Waals surface area (Å²) in [6, 6.07) is 6.06. The van der Waals surface area contributed by atoms with E-state index in [1.165, 1.54) is 0 Å². The van der Waals surface area contributed by atoms with Crippen LogP contribution in [0.15, 0.2) is 24.4 Å². The van der Waals surface area contributed by atoms with E-state index in [-0.39, 0.29) is 0 Å². The molecular formula is C11H18N4. The molecule has 2 N–H and O–H groups in total. The van der Waals surface area contributed by atoms with Crippen molar-refractivity contribution in [1.82, 2.24) is 9.88 Å². The van der Waals surface area contributed by atoms with Crippen molar-refractivity contribution < 1.29 is 0 Å². The van der Waals surface area contributed by atoms with E-state index in [1.54, 1.807) is 0 Å². The van der Waals surface area contributed by atoms with E-state index in [0.29, 0.717) is 0 Å². The van der Waals surface area contributed by atoms with Crippen LogP contribution >= 0.6 is 0 Å². The molecule has 0 bridgehead atoms. The molecule has 1 saturated heterocycles. The van der Waals surface area contributed by atoms with Gasteiger partial charge in [-0.15, -0.1) is 0 Å². The number of rotatable bonds is 3. The number of piperazine rings is 1. The Labute approximate surface area is 90.7 Å². The van der Waals surface area contributed by atoms with E-state index in [0.717, 1.165) is 45.1 Å². The van der Waals surface area contributed by atoms with Crippen molar-refractivity contribution in [3.63, 3.8) is 0 Å². The van der Waals surface area contributed by atoms with Gasteiger partial charge in [-0.3, -0.25) is 4.90 Å². The van der Waals surface area contributed by atoms with Gasteiger partial charge < -0.3 is 10.6 Å². The van der Waals surface area contributed by atoms with Crippen LogP contribution in [-0.4, -0.2) is 49.2 Å². The molecule has 82 valence electrons. The maximum Gasteiger partial charge on any atom is 0.128 e. The Bertz CT molecular complexity index is 280. The minimum Gasteiger partial charge on any atom is -0.354 e. The summed E-state index contributed by atoms with van der Waals surface area (Å²) in [6.07, 6.45) is 1.85. The Morgan fingerprint density at radius 3 is 2.60 bits per heavy atom. The summed E-state index contributed by atoms with van der Waals surface area (Å²) in [7, 11) is 0. The second-order valence-electron chi connectivity index (χ2n) is 3.81. The van der Waals surface area contributed by atoms with Crippen molar-refractivity contribution in [3.05, 3.63) is 24.4 Å². The van der Waals surface area contributed by atoms with Crippen LogP contribution < -0.4 is 10.6 Å². The van der Waals surface area contributed by atoms with Crippen LogP contribution in [-0.2, 0) is 0 Å². The number of nitrogens with zero attached hydrogens (tertiary/aromatic N) is 3. The number of hydrogen-bond acceptors (Lipinski definition) is 4. The van der Waals surface area contributed by atoms with Crippen LogP contribution in [0, 0.1) is 0 Å². The normalized spacial score (nSPS) is 18.1. The number of anilines is 1. The lowest BCUT2D eigenvalue weighted by Gasteiger charge is -2.35. The first-order chi connectivity index (χ1) is 7.40. The smallest absolute Gasteiger partial charge is 0.128 e. The molecule has 0 aliphatic carbocycles. The number of nitrogens with two attached hydrogens (primary N) is 1. The van der Waals surface area contributed by atoms with Gasteiger partial charge in [-0.25, -0.2) is 4.98 Å². The fraction of sp³-hybridized carbons (Fsp3) is 0.545. The third-order valence-corrected chi connectivity index (χ3v) is 2.79. The van der Waals surface area contributed by atoms with Gasteiger partial charge in [0, 0.05) is 45.5 Å². The highest BCUT2D eigenvalue weighted by Gasteiger charge is 2.16. The largest absolute Gasteiger partial charge is 0.354 e. The number of hydrogen-bond donors (Lipinski definition) is 1. The molecule has 1 aliphatic heterocycles. The average molecular weight is 206 g/mol. The standard InChI is InChI=1S/C11H18N4/c12-4-6-14-7-9-15(10-8-14)11-3-1-2-5-13-11/h1-3,5H,4,6-10,12H2. The van der Waals surface area contributed by atoms with E-state index in [1.807, 2.05) is 18.3 Å². The zero-order valence-corrected chi connectivity index (χ0v) is 8.97. The van der Waals surface area contributed by atoms with Gasteiger partial charge in [0.1, 0.15) is 5.82 Å². The lowest BCUT2D eigenvalue weighted by atomic mass is 10.3. The van der Waals surface area contributed by atoms with Crippen molar-refractivity contribution in [1.29, 1.82) is 0 Å². The highest BCUT2D eigenvalue weighted by molar-refractivity contribution is 5.38. The first kappa shape index (κ1) is 10.4. The molecule has 0 atom stereocenters. The first-order valence-corrected chi connectivity index (χ1v) is 5.48. The lowest BCUT2D eigenvalue weighted by Crippen LogP contribution is -2.48. The Morgan fingerprint density at radius 2 is 2.00 bits per heavy atom. The monoisotopic (exact) mass is 206 g/mol. The van der Waals surface area contributed by atoms with Crippen molar-refractivity contribution in [2.24, 2.45) is 5.73 Å². The molecule has 1 aromatic heterocycles. The zero-order valence-electron chi connectivity index (χ0n) is 8.97. The van der Waals surface area contributed by atoms with Gasteiger partial charge >= 0.3 is 0 Å². The Balaban J connectivity index is 1.88. The van der Waals surface area contributed by atoms with Gasteiger partial charge in [-0.05, 0) is 12.1 Å². The maximum absolute atomic E-state index is 5.54. The fourth-order valence-electron chi connectivity index (χ4n) is 1.92. The molecule has 1 fully saturated rings. The van der Waals surface area contributed by atoms with Crippen LogP contribution in [0.4, 0.5) is 5.82 Å². The summed E-state index contributed by atoms with van der Waals surface area (Å²) in [6.45, 7) is 6.05. The minimum absolute atomic E-state index is 0.754. The number of aromatic nitrogens is 1. The van der Waals surface area contributed by atoms with Crippen LogP contribution in [0.1, 0.15) is 0 Å². The van der Waals surface area contributed by atoms with Crippen molar-refractivity contribution in [2.75, 3.05) is 44.2 Å². The van der Waals surface area contributed by atoms with Crippen molar-refractivity contribution in [2.45, 2.75) is 0 Å². The quantitative estimate of drug-likeness (QED) is 0.765. The van der Waals surface area contributed by atoms with Gasteiger partial charge in [-0.2, -0.15) is 0 Å². The molecule has 0 unspecified atom stereocenters. The molecule has 0 radical (unpaired) electrons. The third kappa shape index (κ3) is 2.67. The van der Waals surface area contributed by atoms with E-state index >= 15 is 0 Å². The Hall–Kier alpha value is -1.13. The van der Waals surface area contributed by atoms with Crippen molar-refractivity contribution in [3.8, 4) is 0 Å². The molecule has 0 spiro atoms. The van der Waals surface area contributed by atoms with Crippen molar-refractivity contribution >= 4 is 5.82 Å². The maximum atomic E-state index is 5.54. The predicted octanol–water partition coefficient (Wildman–Crippen LogP) is 0.162. The molecule has 0 aromatic carbocycles. The second-order valence-corrected chi connectivity index (χ2v) is 3.81. The summed E-state index contributed by atoms with van der Waals surface area (Å²) < 4.78 is 0. The van der Waals surface area contributed by atoms with Crippen LogP contribution in [0.5, 0.6) is 0 Å². The average Bonchev–Trinajstić information content (AvgIpc) is 2.32. The molecule has 2 rings (SSSR count). The SMILES string of the molecule is NCCN1CCN(c2ccccn2)CC1. The summed E-state index contributed by atoms with van der Waals surface area (Å²) in [5.41, 5.74) is 5.54. The molecule has 1 aliphatic rings. The van der Waals surface area contributed by atoms with Crippen LogP contribution in [0.25, 0.3) is 0 Å².